The van der Waals surface area contributed by atoms with E-state index < -0.39 is 5.97 Å². The molecule has 0 spiro atoms. The van der Waals surface area contributed by atoms with Gasteiger partial charge in [0.2, 0.25) is 0 Å². The molecule has 0 unspecified atom stereocenters. The van der Waals surface area contributed by atoms with Crippen molar-refractivity contribution in [1.82, 2.24) is 0 Å². The van der Waals surface area contributed by atoms with E-state index in [9.17, 15) is 9.59 Å². The van der Waals surface area contributed by atoms with Crippen molar-refractivity contribution in [3.05, 3.63) is 75.7 Å². The average Bonchev–Trinajstić information content (AvgIpc) is 3.13. The van der Waals surface area contributed by atoms with Gasteiger partial charge in [0.05, 0.1) is 6.61 Å². The number of hydrogen-bond donors (Lipinski definition) is 1. The van der Waals surface area contributed by atoms with Crippen LogP contribution in [0.15, 0.2) is 47.8 Å². The van der Waals surface area contributed by atoms with Crippen molar-refractivity contribution < 1.29 is 14.3 Å². The Morgan fingerprint density at radius 1 is 1.03 bits per heavy atom. The van der Waals surface area contributed by atoms with Gasteiger partial charge in [-0.25, -0.2) is 4.79 Å². The number of carbonyl (C=O) groups excluding carboxylic acids is 2. The summed E-state index contributed by atoms with van der Waals surface area (Å²) >= 11 is 1.33. The van der Waals surface area contributed by atoms with Crippen molar-refractivity contribution in [2.45, 2.75) is 40.5 Å². The predicted octanol–water partition coefficient (Wildman–Crippen LogP) is 6.58. The van der Waals surface area contributed by atoms with Crippen molar-refractivity contribution in [2.75, 3.05) is 11.9 Å². The number of rotatable bonds is 6. The lowest BCUT2D eigenvalue weighted by atomic mass is 9.99. The van der Waals surface area contributed by atoms with Crippen LogP contribution in [0.2, 0.25) is 0 Å². The fourth-order valence-corrected chi connectivity index (χ4v) is 4.12. The van der Waals surface area contributed by atoms with Crippen LogP contribution in [0.25, 0.3) is 11.1 Å². The van der Waals surface area contributed by atoms with Crippen LogP contribution in [-0.2, 0) is 4.74 Å². The van der Waals surface area contributed by atoms with Gasteiger partial charge in [-0.1, -0.05) is 44.2 Å². The van der Waals surface area contributed by atoms with Crippen molar-refractivity contribution in [3.8, 4) is 11.1 Å². The van der Waals surface area contributed by atoms with Gasteiger partial charge >= 0.3 is 5.97 Å². The minimum atomic E-state index is -0.433. The topological polar surface area (TPSA) is 55.4 Å². The van der Waals surface area contributed by atoms with Gasteiger partial charge in [0.1, 0.15) is 10.6 Å². The molecule has 0 atom stereocenters. The Hall–Kier alpha value is -2.92. The third-order valence-corrected chi connectivity index (χ3v) is 6.05. The molecular formula is C25H27NO3S. The summed E-state index contributed by atoms with van der Waals surface area (Å²) in [6.07, 6.45) is 0. The number of benzene rings is 2. The van der Waals surface area contributed by atoms with Gasteiger partial charge in [0.25, 0.3) is 5.91 Å². The average molecular weight is 422 g/mol. The Morgan fingerprint density at radius 3 is 2.33 bits per heavy atom. The van der Waals surface area contributed by atoms with Gasteiger partial charge in [-0.05, 0) is 61.1 Å². The predicted molar refractivity (Wildman–Crippen MR) is 124 cm³/mol. The van der Waals surface area contributed by atoms with Crippen molar-refractivity contribution in [3.63, 3.8) is 0 Å². The number of ether oxygens (including phenoxy) is 1. The first-order valence-corrected chi connectivity index (χ1v) is 11.0. The Bertz CT molecular complexity index is 1060. The van der Waals surface area contributed by atoms with E-state index in [1.165, 1.54) is 22.5 Å². The maximum Gasteiger partial charge on any atom is 0.341 e. The number of hydrogen-bond acceptors (Lipinski definition) is 4. The van der Waals surface area contributed by atoms with Crippen LogP contribution in [0.3, 0.4) is 0 Å². The first kappa shape index (κ1) is 21.8. The van der Waals surface area contributed by atoms with E-state index in [0.29, 0.717) is 22.0 Å². The molecule has 0 aliphatic rings. The monoisotopic (exact) mass is 421 g/mol. The lowest BCUT2D eigenvalue weighted by Gasteiger charge is -2.10. The lowest BCUT2D eigenvalue weighted by molar-refractivity contribution is 0.0529. The highest BCUT2D eigenvalue weighted by Gasteiger charge is 2.23. The van der Waals surface area contributed by atoms with E-state index in [2.05, 4.69) is 32.2 Å². The number of thiophene rings is 1. The zero-order chi connectivity index (χ0) is 21.8. The Balaban J connectivity index is 1.95. The number of amides is 1. The van der Waals surface area contributed by atoms with Crippen LogP contribution in [0.4, 0.5) is 5.00 Å². The summed E-state index contributed by atoms with van der Waals surface area (Å²) in [7, 11) is 0. The number of nitrogens with one attached hydrogen (secondary N) is 1. The molecule has 156 valence electrons. The van der Waals surface area contributed by atoms with E-state index in [0.717, 1.165) is 16.7 Å². The van der Waals surface area contributed by atoms with Gasteiger partial charge < -0.3 is 10.1 Å². The third-order valence-electron chi connectivity index (χ3n) is 5.16. The van der Waals surface area contributed by atoms with Gasteiger partial charge in [0, 0.05) is 16.5 Å². The molecule has 30 heavy (non-hydrogen) atoms. The molecule has 1 aromatic heterocycles. The summed E-state index contributed by atoms with van der Waals surface area (Å²) in [5.41, 5.74) is 6.15. The zero-order valence-corrected chi connectivity index (χ0v) is 18.9. The zero-order valence-electron chi connectivity index (χ0n) is 18.0. The minimum Gasteiger partial charge on any atom is -0.462 e. The molecule has 1 amide bonds. The van der Waals surface area contributed by atoms with Crippen molar-refractivity contribution >= 4 is 28.2 Å². The van der Waals surface area contributed by atoms with Gasteiger partial charge in [0.15, 0.2) is 0 Å². The molecule has 0 radical (unpaired) electrons. The molecule has 0 saturated carbocycles. The quantitative estimate of drug-likeness (QED) is 0.457. The van der Waals surface area contributed by atoms with Crippen LogP contribution in [-0.4, -0.2) is 18.5 Å². The molecule has 1 N–H and O–H groups in total. The summed E-state index contributed by atoms with van der Waals surface area (Å²) < 4.78 is 5.29. The Morgan fingerprint density at radius 2 is 1.73 bits per heavy atom. The van der Waals surface area contributed by atoms with E-state index in [1.54, 1.807) is 6.92 Å². The van der Waals surface area contributed by atoms with Crippen LogP contribution in [0.5, 0.6) is 0 Å². The summed E-state index contributed by atoms with van der Waals surface area (Å²) in [4.78, 5) is 25.6. The highest BCUT2D eigenvalue weighted by Crippen LogP contribution is 2.37. The van der Waals surface area contributed by atoms with E-state index in [-0.39, 0.29) is 12.5 Å². The van der Waals surface area contributed by atoms with Crippen molar-refractivity contribution in [1.29, 1.82) is 0 Å². The molecule has 0 bridgehead atoms. The summed E-state index contributed by atoms with van der Waals surface area (Å²) in [6, 6.07) is 13.6. The molecule has 0 aliphatic heterocycles. The number of anilines is 1. The van der Waals surface area contributed by atoms with E-state index >= 15 is 0 Å². The minimum absolute atomic E-state index is 0.246. The van der Waals surface area contributed by atoms with Gasteiger partial charge in [-0.15, -0.1) is 11.3 Å². The SMILES string of the molecule is CCOC(=O)c1c(-c2ccc(C)c(C)c2)csc1NC(=O)c1ccc(C(C)C)cc1. The molecule has 5 heteroatoms. The Labute approximate surface area is 181 Å². The molecular weight excluding hydrogens is 394 g/mol. The summed E-state index contributed by atoms with van der Waals surface area (Å²) in [6.45, 7) is 10.4. The molecule has 0 saturated heterocycles. The molecule has 3 aromatic rings. The van der Waals surface area contributed by atoms with Crippen LogP contribution in [0, 0.1) is 13.8 Å². The normalized spacial score (nSPS) is 10.9. The largest absolute Gasteiger partial charge is 0.462 e. The fourth-order valence-electron chi connectivity index (χ4n) is 3.17. The highest BCUT2D eigenvalue weighted by molar-refractivity contribution is 7.15. The maximum absolute atomic E-state index is 12.8. The molecule has 0 aliphatic carbocycles. The first-order valence-electron chi connectivity index (χ1n) is 10.1. The fraction of sp³-hybridized carbons (Fsp3) is 0.280. The van der Waals surface area contributed by atoms with E-state index in [1.807, 2.05) is 48.7 Å². The maximum atomic E-state index is 12.8. The van der Waals surface area contributed by atoms with Crippen LogP contribution < -0.4 is 5.32 Å². The number of aryl methyl sites for hydroxylation is 2. The Kier molecular flexibility index (Phi) is 6.73. The van der Waals surface area contributed by atoms with Gasteiger partial charge in [-0.3, -0.25) is 4.79 Å². The van der Waals surface area contributed by atoms with Crippen LogP contribution in [0.1, 0.15) is 64.1 Å². The molecule has 4 nitrogen and oxygen atoms in total. The van der Waals surface area contributed by atoms with Crippen LogP contribution >= 0.6 is 11.3 Å². The van der Waals surface area contributed by atoms with Crippen molar-refractivity contribution in [2.24, 2.45) is 0 Å². The lowest BCUT2D eigenvalue weighted by Crippen LogP contribution is -2.15. The number of carbonyl (C=O) groups is 2. The summed E-state index contributed by atoms with van der Waals surface area (Å²) in [5.74, 6) is -0.280. The number of esters is 1. The van der Waals surface area contributed by atoms with Gasteiger partial charge in [-0.2, -0.15) is 0 Å². The molecule has 2 aromatic carbocycles. The standard InChI is InChI=1S/C25H27NO3S/c1-6-29-25(28)22-21(20-8-7-16(4)17(5)13-20)14-30-24(22)26-23(27)19-11-9-18(10-12-19)15(2)3/h7-15H,6H2,1-5H3,(H,26,27). The summed E-state index contributed by atoms with van der Waals surface area (Å²) in [5, 5.41) is 5.31. The highest BCUT2D eigenvalue weighted by atomic mass is 32.1. The second-order valence-electron chi connectivity index (χ2n) is 7.60. The molecule has 0 fully saturated rings. The third kappa shape index (κ3) is 4.62. The smallest absolute Gasteiger partial charge is 0.341 e. The molecule has 3 rings (SSSR count). The second kappa shape index (κ2) is 9.26. The van der Waals surface area contributed by atoms with E-state index in [4.69, 9.17) is 4.74 Å². The molecule has 1 heterocycles. The second-order valence-corrected chi connectivity index (χ2v) is 8.48. The first-order chi connectivity index (χ1) is 14.3.